The number of nitrogens with zero attached hydrogens (tertiary/aromatic N) is 2. The van der Waals surface area contributed by atoms with Gasteiger partial charge in [-0.2, -0.15) is 0 Å². The van der Waals surface area contributed by atoms with E-state index in [2.05, 4.69) is 10.3 Å². The summed E-state index contributed by atoms with van der Waals surface area (Å²) in [6.45, 7) is 1.68. The number of nitrogens with one attached hydrogen (secondary N) is 1. The normalized spacial score (nSPS) is 10.5. The molecule has 0 spiro atoms. The molecule has 0 fully saturated rings. The minimum atomic E-state index is -1.12. The van der Waals surface area contributed by atoms with Gasteiger partial charge in [0.25, 0.3) is 0 Å². The van der Waals surface area contributed by atoms with E-state index in [1.165, 1.54) is 6.07 Å². The monoisotopic (exact) mass is 206 g/mol. The smallest absolute Gasteiger partial charge is 0.337 e. The van der Waals surface area contributed by atoms with Crippen LogP contribution < -0.4 is 5.84 Å². The average molecular weight is 206 g/mol. The summed E-state index contributed by atoms with van der Waals surface area (Å²) in [6.07, 6.45) is 1.07. The molecule has 0 amide bonds. The maximum atomic E-state index is 10.9. The molecule has 0 heterocycles. The number of rotatable bonds is 3. The van der Waals surface area contributed by atoms with Gasteiger partial charge in [-0.1, -0.05) is 5.22 Å². The third kappa shape index (κ3) is 2.16. The first-order chi connectivity index (χ1) is 7.10. The van der Waals surface area contributed by atoms with Gasteiger partial charge >= 0.3 is 5.97 Å². The Hall–Kier alpha value is -2.24. The minimum Gasteiger partial charge on any atom is -0.478 e. The number of benzene rings is 1. The molecular formula is C9H10N4O2. The van der Waals surface area contributed by atoms with E-state index in [0.29, 0.717) is 11.1 Å². The van der Waals surface area contributed by atoms with E-state index in [4.69, 9.17) is 16.4 Å². The molecule has 0 aliphatic heterocycles. The Kier molecular flexibility index (Phi) is 3.12. The zero-order valence-electron chi connectivity index (χ0n) is 8.06. The standard InChI is InChI=1S/C9H10N4O2/c1-5-2-6(4-10)3-7(9(14)15)8(5)12-13-11/h2-4,10H,1H3,(H2,11,12)(H,14,15). The van der Waals surface area contributed by atoms with Crippen LogP contribution in [-0.4, -0.2) is 17.3 Å². The van der Waals surface area contributed by atoms with Crippen molar-refractivity contribution in [3.8, 4) is 0 Å². The minimum absolute atomic E-state index is 0.0114. The summed E-state index contributed by atoms with van der Waals surface area (Å²) in [4.78, 5) is 10.9. The summed E-state index contributed by atoms with van der Waals surface area (Å²) in [6, 6.07) is 3.00. The molecule has 0 aromatic heterocycles. The van der Waals surface area contributed by atoms with Crippen LogP contribution in [0, 0.1) is 12.3 Å². The Bertz CT molecular complexity index is 440. The first-order valence-corrected chi connectivity index (χ1v) is 4.09. The van der Waals surface area contributed by atoms with E-state index in [-0.39, 0.29) is 11.3 Å². The van der Waals surface area contributed by atoms with Gasteiger partial charge in [0.1, 0.15) is 5.69 Å². The molecule has 1 rings (SSSR count). The predicted molar refractivity (Wildman–Crippen MR) is 54.7 cm³/mol. The van der Waals surface area contributed by atoms with Gasteiger partial charge in [0.2, 0.25) is 0 Å². The molecule has 15 heavy (non-hydrogen) atoms. The zero-order valence-corrected chi connectivity index (χ0v) is 8.06. The van der Waals surface area contributed by atoms with Crippen LogP contribution in [0.3, 0.4) is 0 Å². The second kappa shape index (κ2) is 4.32. The van der Waals surface area contributed by atoms with Gasteiger partial charge < -0.3 is 16.4 Å². The quantitative estimate of drug-likeness (QED) is 0.302. The number of carboxylic acids is 1. The van der Waals surface area contributed by atoms with E-state index >= 15 is 0 Å². The van der Waals surface area contributed by atoms with Crippen LogP contribution in [0.15, 0.2) is 22.5 Å². The fourth-order valence-electron chi connectivity index (χ4n) is 1.24. The molecule has 0 aliphatic rings. The lowest BCUT2D eigenvalue weighted by Gasteiger charge is -2.04. The molecule has 0 unspecified atom stereocenters. The van der Waals surface area contributed by atoms with Crippen molar-refractivity contribution in [2.45, 2.75) is 6.92 Å². The predicted octanol–water partition coefficient (Wildman–Crippen LogP) is 1.65. The van der Waals surface area contributed by atoms with Crippen LogP contribution >= 0.6 is 0 Å². The Morgan fingerprint density at radius 1 is 1.60 bits per heavy atom. The number of nitrogens with two attached hydrogens (primary N) is 1. The molecule has 1 aromatic rings. The average Bonchev–Trinajstić information content (AvgIpc) is 2.20. The highest BCUT2D eigenvalue weighted by molar-refractivity contribution is 5.96. The Morgan fingerprint density at radius 3 is 2.73 bits per heavy atom. The van der Waals surface area contributed by atoms with Crippen LogP contribution in [0.4, 0.5) is 5.69 Å². The molecule has 78 valence electrons. The molecule has 0 saturated carbocycles. The summed E-state index contributed by atoms with van der Waals surface area (Å²) in [5, 5.41) is 22.6. The van der Waals surface area contributed by atoms with Gasteiger partial charge in [0.15, 0.2) is 0 Å². The summed E-state index contributed by atoms with van der Waals surface area (Å²) >= 11 is 0. The maximum absolute atomic E-state index is 10.9. The summed E-state index contributed by atoms with van der Waals surface area (Å²) < 4.78 is 0. The van der Waals surface area contributed by atoms with Crippen molar-refractivity contribution in [2.24, 2.45) is 16.2 Å². The molecule has 0 saturated heterocycles. The number of aromatic carboxylic acids is 1. The molecule has 4 N–H and O–H groups in total. The first kappa shape index (κ1) is 10.8. The molecule has 0 radical (unpaired) electrons. The van der Waals surface area contributed by atoms with Crippen molar-refractivity contribution in [1.82, 2.24) is 0 Å². The lowest BCUT2D eigenvalue weighted by molar-refractivity contribution is 0.0697. The number of hydrogen-bond acceptors (Lipinski definition) is 4. The van der Waals surface area contributed by atoms with E-state index in [9.17, 15) is 4.79 Å². The van der Waals surface area contributed by atoms with Crippen LogP contribution in [0.2, 0.25) is 0 Å². The fraction of sp³-hybridized carbons (Fsp3) is 0.111. The van der Waals surface area contributed by atoms with Crippen LogP contribution in [0.25, 0.3) is 0 Å². The van der Waals surface area contributed by atoms with Gasteiger partial charge in [-0.05, 0) is 30.2 Å². The fourth-order valence-corrected chi connectivity index (χ4v) is 1.24. The van der Waals surface area contributed by atoms with Crippen molar-refractivity contribution in [2.75, 3.05) is 0 Å². The maximum Gasteiger partial charge on any atom is 0.337 e. The molecule has 6 heteroatoms. The van der Waals surface area contributed by atoms with E-state index in [1.54, 1.807) is 13.0 Å². The van der Waals surface area contributed by atoms with Crippen LogP contribution in [0.1, 0.15) is 21.5 Å². The highest BCUT2D eigenvalue weighted by Crippen LogP contribution is 2.25. The summed E-state index contributed by atoms with van der Waals surface area (Å²) in [5.74, 6) is 3.77. The van der Waals surface area contributed by atoms with Gasteiger partial charge in [-0.15, -0.1) is 5.11 Å². The molecular weight excluding hydrogens is 196 g/mol. The van der Waals surface area contributed by atoms with Crippen molar-refractivity contribution >= 4 is 17.9 Å². The Balaban J connectivity index is 3.48. The molecule has 1 aromatic carbocycles. The molecule has 0 bridgehead atoms. The lowest BCUT2D eigenvalue weighted by Crippen LogP contribution is -2.00. The Labute approximate surface area is 85.9 Å². The van der Waals surface area contributed by atoms with Crippen LogP contribution in [-0.2, 0) is 0 Å². The summed E-state index contributed by atoms with van der Waals surface area (Å²) in [7, 11) is 0. The molecule has 0 atom stereocenters. The molecule has 6 nitrogen and oxygen atoms in total. The number of aryl methyl sites for hydroxylation is 1. The van der Waals surface area contributed by atoms with Gasteiger partial charge in [-0.3, -0.25) is 0 Å². The third-order valence-corrected chi connectivity index (χ3v) is 1.88. The topological polar surface area (TPSA) is 112 Å². The SMILES string of the molecule is Cc1cc(C=N)cc(C(=O)O)c1N=NN. The Morgan fingerprint density at radius 2 is 2.27 bits per heavy atom. The van der Waals surface area contributed by atoms with Crippen molar-refractivity contribution in [1.29, 1.82) is 5.41 Å². The number of carbonyl (C=O) groups is 1. The molecule has 0 aliphatic carbocycles. The number of carboxylic acid groups (broad SMARTS) is 1. The van der Waals surface area contributed by atoms with E-state index < -0.39 is 5.97 Å². The summed E-state index contributed by atoms with van der Waals surface area (Å²) in [5.41, 5.74) is 1.32. The highest BCUT2D eigenvalue weighted by Gasteiger charge is 2.13. The second-order valence-corrected chi connectivity index (χ2v) is 2.90. The van der Waals surface area contributed by atoms with Gasteiger partial charge in [-0.25, -0.2) is 4.79 Å². The van der Waals surface area contributed by atoms with Crippen molar-refractivity contribution in [3.05, 3.63) is 28.8 Å². The first-order valence-electron chi connectivity index (χ1n) is 4.09. The van der Waals surface area contributed by atoms with E-state index in [0.717, 1.165) is 6.21 Å². The number of hydrogen-bond donors (Lipinski definition) is 3. The van der Waals surface area contributed by atoms with Crippen molar-refractivity contribution < 1.29 is 9.90 Å². The van der Waals surface area contributed by atoms with E-state index in [1.807, 2.05) is 0 Å². The second-order valence-electron chi connectivity index (χ2n) is 2.90. The van der Waals surface area contributed by atoms with Crippen molar-refractivity contribution in [3.63, 3.8) is 0 Å². The third-order valence-electron chi connectivity index (χ3n) is 1.88. The highest BCUT2D eigenvalue weighted by atomic mass is 16.4. The van der Waals surface area contributed by atoms with Gasteiger partial charge in [0, 0.05) is 6.21 Å². The van der Waals surface area contributed by atoms with Crippen LogP contribution in [0.5, 0.6) is 0 Å². The largest absolute Gasteiger partial charge is 0.478 e. The van der Waals surface area contributed by atoms with Gasteiger partial charge in [0.05, 0.1) is 5.56 Å². The zero-order chi connectivity index (χ0) is 11.4. The lowest BCUT2D eigenvalue weighted by atomic mass is 10.0.